The first-order valence-electron chi connectivity index (χ1n) is 7.88. The second kappa shape index (κ2) is 8.53. The van der Waals surface area contributed by atoms with Gasteiger partial charge in [0.1, 0.15) is 11.9 Å². The minimum absolute atomic E-state index is 0.0396. The Kier molecular flexibility index (Phi) is 6.40. The van der Waals surface area contributed by atoms with Gasteiger partial charge in [-0.1, -0.05) is 18.2 Å². The van der Waals surface area contributed by atoms with Gasteiger partial charge < -0.3 is 19.7 Å². The van der Waals surface area contributed by atoms with Crippen LogP contribution in [0.1, 0.15) is 25.3 Å². The number of nitrogens with zero attached hydrogens (tertiary/aromatic N) is 1. The van der Waals surface area contributed by atoms with Gasteiger partial charge in [-0.15, -0.1) is 0 Å². The lowest BCUT2D eigenvalue weighted by molar-refractivity contribution is -0.132. The van der Waals surface area contributed by atoms with E-state index in [1.165, 1.54) is 6.92 Å². The second-order valence-corrected chi connectivity index (χ2v) is 5.55. The molecule has 1 aliphatic heterocycles. The van der Waals surface area contributed by atoms with Gasteiger partial charge >= 0.3 is 0 Å². The number of nitrogens with one attached hydrogen (secondary N) is 1. The molecule has 1 saturated heterocycles. The molecule has 6 heteroatoms. The third-order valence-corrected chi connectivity index (χ3v) is 3.90. The maximum atomic E-state index is 11.9. The Hall–Kier alpha value is -2.08. The maximum absolute atomic E-state index is 11.9. The van der Waals surface area contributed by atoms with E-state index in [0.717, 1.165) is 24.2 Å². The number of rotatable bonds is 7. The average Bonchev–Trinajstić information content (AvgIpc) is 3.08. The van der Waals surface area contributed by atoms with Crippen LogP contribution in [0.5, 0.6) is 5.75 Å². The molecule has 126 valence electrons. The molecule has 0 spiro atoms. The lowest BCUT2D eigenvalue weighted by atomic mass is 10.2. The van der Waals surface area contributed by atoms with Crippen LogP contribution in [0.15, 0.2) is 24.3 Å². The first kappa shape index (κ1) is 17.3. The lowest BCUT2D eigenvalue weighted by Crippen LogP contribution is -2.40. The summed E-state index contributed by atoms with van der Waals surface area (Å²) in [5, 5.41) is 2.84. The number of ether oxygens (including phenoxy) is 2. The number of methoxy groups -OCH3 is 1. The average molecular weight is 320 g/mol. The van der Waals surface area contributed by atoms with Crippen LogP contribution in [0.2, 0.25) is 0 Å². The Bertz CT molecular complexity index is 541. The van der Waals surface area contributed by atoms with Crippen LogP contribution in [0.4, 0.5) is 0 Å². The van der Waals surface area contributed by atoms with Crippen molar-refractivity contribution in [3.8, 4) is 5.75 Å². The van der Waals surface area contributed by atoms with Crippen molar-refractivity contribution in [1.82, 2.24) is 10.2 Å². The first-order valence-corrected chi connectivity index (χ1v) is 7.88. The Labute approximate surface area is 136 Å². The first-order chi connectivity index (χ1) is 11.1. The van der Waals surface area contributed by atoms with Crippen molar-refractivity contribution in [2.24, 2.45) is 0 Å². The van der Waals surface area contributed by atoms with Gasteiger partial charge in [0.25, 0.3) is 0 Å². The van der Waals surface area contributed by atoms with Crippen LogP contribution in [0.25, 0.3) is 0 Å². The van der Waals surface area contributed by atoms with Crippen LogP contribution in [0.3, 0.4) is 0 Å². The number of carbonyl (C=O) groups is 2. The van der Waals surface area contributed by atoms with Crippen LogP contribution in [0, 0.1) is 0 Å². The molecule has 0 aliphatic carbocycles. The number of hydrogen-bond acceptors (Lipinski definition) is 4. The molecule has 1 aromatic carbocycles. The molecule has 0 bridgehead atoms. The quantitative estimate of drug-likeness (QED) is 0.823. The summed E-state index contributed by atoms with van der Waals surface area (Å²) >= 11 is 0. The van der Waals surface area contributed by atoms with E-state index in [1.807, 2.05) is 24.3 Å². The van der Waals surface area contributed by atoms with Crippen molar-refractivity contribution in [2.75, 3.05) is 26.8 Å². The van der Waals surface area contributed by atoms with Gasteiger partial charge in [-0.3, -0.25) is 9.59 Å². The van der Waals surface area contributed by atoms with E-state index < -0.39 is 0 Å². The highest BCUT2D eigenvalue weighted by Gasteiger charge is 2.23. The second-order valence-electron chi connectivity index (χ2n) is 5.55. The lowest BCUT2D eigenvalue weighted by Gasteiger charge is -2.22. The zero-order valence-corrected chi connectivity index (χ0v) is 13.7. The minimum atomic E-state index is -0.338. The zero-order valence-electron chi connectivity index (χ0n) is 13.7. The summed E-state index contributed by atoms with van der Waals surface area (Å²) in [6.07, 6.45) is 1.35. The van der Waals surface area contributed by atoms with Gasteiger partial charge in [-0.2, -0.15) is 0 Å². The standard InChI is InChI=1S/C17H24N2O4/c1-13(20)19(12-14-6-3-4-7-15(14)22-2)10-9-18-17(21)16-8-5-11-23-16/h3-4,6-7,16H,5,8-12H2,1-2H3,(H,18,21). The highest BCUT2D eigenvalue weighted by atomic mass is 16.5. The Morgan fingerprint density at radius 3 is 2.83 bits per heavy atom. The Balaban J connectivity index is 1.86. The van der Waals surface area contributed by atoms with Crippen LogP contribution < -0.4 is 10.1 Å². The van der Waals surface area contributed by atoms with Crippen molar-refractivity contribution in [1.29, 1.82) is 0 Å². The molecule has 0 saturated carbocycles. The molecule has 2 amide bonds. The van der Waals surface area contributed by atoms with Gasteiger partial charge in [0, 0.05) is 38.7 Å². The van der Waals surface area contributed by atoms with Crippen LogP contribution in [-0.4, -0.2) is 49.6 Å². The number of para-hydroxylation sites is 1. The number of benzene rings is 1. The third-order valence-electron chi connectivity index (χ3n) is 3.90. The highest BCUT2D eigenvalue weighted by molar-refractivity contribution is 5.81. The molecule has 23 heavy (non-hydrogen) atoms. The zero-order chi connectivity index (χ0) is 16.7. The molecule has 0 aromatic heterocycles. The maximum Gasteiger partial charge on any atom is 0.249 e. The SMILES string of the molecule is COc1ccccc1CN(CCNC(=O)C1CCCO1)C(C)=O. The predicted octanol–water partition coefficient (Wildman–Crippen LogP) is 1.34. The molecule has 1 N–H and O–H groups in total. The number of carbonyl (C=O) groups excluding carboxylic acids is 2. The molecule has 6 nitrogen and oxygen atoms in total. The molecule has 1 aromatic rings. The van der Waals surface area contributed by atoms with Crippen molar-refractivity contribution < 1.29 is 19.1 Å². The predicted molar refractivity (Wildman–Crippen MR) is 86.1 cm³/mol. The van der Waals surface area contributed by atoms with E-state index >= 15 is 0 Å². The van der Waals surface area contributed by atoms with E-state index in [2.05, 4.69) is 5.32 Å². The Morgan fingerprint density at radius 2 is 2.17 bits per heavy atom. The van der Waals surface area contributed by atoms with Crippen molar-refractivity contribution in [3.05, 3.63) is 29.8 Å². The van der Waals surface area contributed by atoms with Crippen molar-refractivity contribution in [3.63, 3.8) is 0 Å². The molecule has 0 radical (unpaired) electrons. The van der Waals surface area contributed by atoms with E-state index in [0.29, 0.717) is 26.2 Å². The highest BCUT2D eigenvalue weighted by Crippen LogP contribution is 2.19. The summed E-state index contributed by atoms with van der Waals surface area (Å²) in [5.41, 5.74) is 0.940. The molecular formula is C17H24N2O4. The summed E-state index contributed by atoms with van der Waals surface area (Å²) in [6, 6.07) is 7.60. The smallest absolute Gasteiger partial charge is 0.249 e. The van der Waals surface area contributed by atoms with Crippen LogP contribution in [-0.2, 0) is 20.9 Å². The van der Waals surface area contributed by atoms with Crippen molar-refractivity contribution in [2.45, 2.75) is 32.4 Å². The fraction of sp³-hybridized carbons (Fsp3) is 0.529. The minimum Gasteiger partial charge on any atom is -0.496 e. The summed E-state index contributed by atoms with van der Waals surface area (Å²) in [6.45, 7) is 3.48. The van der Waals surface area contributed by atoms with E-state index in [-0.39, 0.29) is 17.9 Å². The van der Waals surface area contributed by atoms with Gasteiger partial charge in [-0.05, 0) is 18.9 Å². The summed E-state index contributed by atoms with van der Waals surface area (Å²) < 4.78 is 10.6. The fourth-order valence-electron chi connectivity index (χ4n) is 2.60. The molecule has 2 rings (SSSR count). The van der Waals surface area contributed by atoms with E-state index in [4.69, 9.17) is 9.47 Å². The fourth-order valence-corrected chi connectivity index (χ4v) is 2.60. The summed E-state index contributed by atoms with van der Waals surface area (Å²) in [4.78, 5) is 25.4. The Morgan fingerprint density at radius 1 is 1.39 bits per heavy atom. The summed E-state index contributed by atoms with van der Waals surface area (Å²) in [5.74, 6) is 0.618. The monoisotopic (exact) mass is 320 g/mol. The van der Waals surface area contributed by atoms with Gasteiger partial charge in [0.15, 0.2) is 0 Å². The normalized spacial score (nSPS) is 16.9. The number of hydrogen-bond donors (Lipinski definition) is 1. The van der Waals surface area contributed by atoms with Crippen LogP contribution >= 0.6 is 0 Å². The van der Waals surface area contributed by atoms with Gasteiger partial charge in [0.05, 0.1) is 7.11 Å². The topological polar surface area (TPSA) is 67.9 Å². The molecule has 1 atom stereocenters. The molecule has 1 unspecified atom stereocenters. The van der Waals surface area contributed by atoms with E-state index in [1.54, 1.807) is 12.0 Å². The molecule has 1 heterocycles. The number of amides is 2. The van der Waals surface area contributed by atoms with Gasteiger partial charge in [-0.25, -0.2) is 0 Å². The summed E-state index contributed by atoms with van der Waals surface area (Å²) in [7, 11) is 1.61. The van der Waals surface area contributed by atoms with E-state index in [9.17, 15) is 9.59 Å². The molecule has 1 fully saturated rings. The third kappa shape index (κ3) is 4.96. The molecular weight excluding hydrogens is 296 g/mol. The molecule has 1 aliphatic rings. The van der Waals surface area contributed by atoms with Gasteiger partial charge in [0.2, 0.25) is 11.8 Å². The van der Waals surface area contributed by atoms with Crippen molar-refractivity contribution >= 4 is 11.8 Å². The largest absolute Gasteiger partial charge is 0.496 e.